The van der Waals surface area contributed by atoms with Crippen molar-refractivity contribution in [3.05, 3.63) is 30.0 Å². The van der Waals surface area contributed by atoms with Gasteiger partial charge in [0, 0.05) is 37.0 Å². The van der Waals surface area contributed by atoms with Gasteiger partial charge in [-0.2, -0.15) is 0 Å². The lowest BCUT2D eigenvalue weighted by Crippen LogP contribution is -2.14. The molecular formula is C26H41N2O8P. The Labute approximate surface area is 221 Å². The molecule has 0 radical (unpaired) electrons. The van der Waals surface area contributed by atoms with Crippen LogP contribution < -0.4 is 4.74 Å². The second kappa shape index (κ2) is 15.9. The molecule has 0 unspecified atom stereocenters. The third-order valence-corrected chi connectivity index (χ3v) is 6.17. The van der Waals surface area contributed by atoms with E-state index in [9.17, 15) is 9.59 Å². The van der Waals surface area contributed by atoms with Gasteiger partial charge in [-0.1, -0.05) is 27.7 Å². The van der Waals surface area contributed by atoms with Crippen LogP contribution >= 0.6 is 8.60 Å². The third kappa shape index (κ3) is 11.4. The molecule has 0 aliphatic carbocycles. The number of carbonyl (C=O) groups excluding carboxylic acids is 2. The standard InChI is InChI=1S/C26H41N2O8P/c1-19(2)12-25(29)32-17-35-37(36-18-33-26(30)13-20(3)4)34-16-28-15-21(10-11-27(5)6)23-9-8-22(31-7)14-24(23)28/h8-9,14-15,19-20H,10-13,16-18H2,1-7H3. The molecule has 0 amide bonds. The lowest BCUT2D eigenvalue weighted by Gasteiger charge is -2.18. The summed E-state index contributed by atoms with van der Waals surface area (Å²) in [4.78, 5) is 25.9. The minimum Gasteiger partial charge on any atom is -0.497 e. The molecule has 0 aliphatic heterocycles. The predicted octanol–water partition coefficient (Wildman–Crippen LogP) is 5.08. The van der Waals surface area contributed by atoms with E-state index in [4.69, 9.17) is 27.8 Å². The molecule has 1 aromatic heterocycles. The number of esters is 2. The number of aromatic nitrogens is 1. The Kier molecular flexibility index (Phi) is 13.3. The van der Waals surface area contributed by atoms with Gasteiger partial charge < -0.3 is 23.7 Å². The first-order chi connectivity index (χ1) is 17.6. The molecule has 0 bridgehead atoms. The minimum atomic E-state index is -1.98. The van der Waals surface area contributed by atoms with Crippen molar-refractivity contribution in [3.63, 3.8) is 0 Å². The van der Waals surface area contributed by atoms with E-state index in [2.05, 4.69) is 4.90 Å². The Morgan fingerprint density at radius 2 is 1.54 bits per heavy atom. The zero-order chi connectivity index (χ0) is 27.4. The van der Waals surface area contributed by atoms with Crippen molar-refractivity contribution in [2.24, 2.45) is 11.8 Å². The lowest BCUT2D eigenvalue weighted by atomic mass is 10.1. The van der Waals surface area contributed by atoms with E-state index in [-0.39, 0.29) is 56.9 Å². The van der Waals surface area contributed by atoms with Crippen LogP contribution in [0.1, 0.15) is 46.1 Å². The lowest BCUT2D eigenvalue weighted by molar-refractivity contribution is -0.153. The van der Waals surface area contributed by atoms with Crippen molar-refractivity contribution >= 4 is 31.4 Å². The third-order valence-electron chi connectivity index (χ3n) is 5.21. The van der Waals surface area contributed by atoms with Crippen molar-refractivity contribution in [1.29, 1.82) is 0 Å². The SMILES string of the molecule is COc1ccc2c(CCN(C)C)cn(COP(OCOC(=O)CC(C)C)OCOC(=O)CC(C)C)c2c1. The number of ether oxygens (including phenoxy) is 3. The molecule has 0 saturated heterocycles. The van der Waals surface area contributed by atoms with Crippen molar-refractivity contribution in [1.82, 2.24) is 9.47 Å². The average Bonchev–Trinajstić information content (AvgIpc) is 3.16. The molecule has 1 heterocycles. The van der Waals surface area contributed by atoms with Crippen LogP contribution in [0.5, 0.6) is 5.75 Å². The molecule has 0 fully saturated rings. The van der Waals surface area contributed by atoms with E-state index in [1.165, 1.54) is 5.56 Å². The first-order valence-electron chi connectivity index (χ1n) is 12.4. The monoisotopic (exact) mass is 540 g/mol. The Morgan fingerprint density at radius 3 is 2.05 bits per heavy atom. The summed E-state index contributed by atoms with van der Waals surface area (Å²) in [6.07, 6.45) is 3.46. The summed E-state index contributed by atoms with van der Waals surface area (Å²) in [6, 6.07) is 5.92. The number of hydrogen-bond donors (Lipinski definition) is 0. The number of hydrogen-bond acceptors (Lipinski definition) is 9. The summed E-state index contributed by atoms with van der Waals surface area (Å²) in [7, 11) is 3.72. The van der Waals surface area contributed by atoms with E-state index in [1.54, 1.807) is 7.11 Å². The van der Waals surface area contributed by atoms with E-state index < -0.39 is 8.60 Å². The van der Waals surface area contributed by atoms with Gasteiger partial charge in [0.05, 0.1) is 12.6 Å². The summed E-state index contributed by atoms with van der Waals surface area (Å²) in [5.74, 6) is 0.324. The molecule has 10 nitrogen and oxygen atoms in total. The Hall–Kier alpha value is -2.23. The minimum absolute atomic E-state index is 0.108. The topological polar surface area (TPSA) is 97.7 Å². The van der Waals surface area contributed by atoms with Crippen LogP contribution in [0.3, 0.4) is 0 Å². The van der Waals surface area contributed by atoms with Gasteiger partial charge in [-0.15, -0.1) is 0 Å². The number of methoxy groups -OCH3 is 1. The van der Waals surface area contributed by atoms with Gasteiger partial charge in [0.2, 0.25) is 13.6 Å². The van der Waals surface area contributed by atoms with Gasteiger partial charge >= 0.3 is 20.5 Å². The van der Waals surface area contributed by atoms with Crippen molar-refractivity contribution in [2.45, 2.75) is 53.7 Å². The maximum Gasteiger partial charge on any atom is 0.340 e. The summed E-state index contributed by atoms with van der Waals surface area (Å²) in [5.41, 5.74) is 2.11. The Bertz CT molecular complexity index is 964. The molecular weight excluding hydrogens is 499 g/mol. The fraction of sp³-hybridized carbons (Fsp3) is 0.615. The van der Waals surface area contributed by atoms with E-state index in [0.29, 0.717) is 0 Å². The number of likely N-dealkylation sites (N-methyl/N-ethyl adjacent to an activating group) is 1. The highest BCUT2D eigenvalue weighted by Gasteiger charge is 2.18. The highest BCUT2D eigenvalue weighted by atomic mass is 31.2. The van der Waals surface area contributed by atoms with Crippen LogP contribution in [0, 0.1) is 11.8 Å². The van der Waals surface area contributed by atoms with Crippen LogP contribution in [0.2, 0.25) is 0 Å². The van der Waals surface area contributed by atoms with Gasteiger partial charge in [0.15, 0.2) is 0 Å². The largest absolute Gasteiger partial charge is 0.497 e. The molecule has 0 aliphatic rings. The van der Waals surface area contributed by atoms with Crippen LogP contribution in [0.25, 0.3) is 10.9 Å². The van der Waals surface area contributed by atoms with Crippen LogP contribution in [-0.4, -0.2) is 62.7 Å². The highest BCUT2D eigenvalue weighted by molar-refractivity contribution is 7.41. The number of carbonyl (C=O) groups is 2. The molecule has 1 aromatic carbocycles. The van der Waals surface area contributed by atoms with Gasteiger partial charge in [-0.3, -0.25) is 23.2 Å². The molecule has 2 aromatic rings. The molecule has 2 rings (SSSR count). The molecule has 0 spiro atoms. The van der Waals surface area contributed by atoms with Crippen LogP contribution in [0.15, 0.2) is 24.4 Å². The van der Waals surface area contributed by atoms with Gasteiger partial charge in [-0.05, 0) is 50.0 Å². The zero-order valence-electron chi connectivity index (χ0n) is 23.0. The maximum absolute atomic E-state index is 11.9. The molecule has 0 N–H and O–H groups in total. The van der Waals surface area contributed by atoms with Crippen molar-refractivity contribution in [3.8, 4) is 5.75 Å². The first-order valence-corrected chi connectivity index (χ1v) is 13.5. The number of benzene rings is 1. The number of nitrogens with zero attached hydrogens (tertiary/aromatic N) is 2. The second-order valence-electron chi connectivity index (χ2n) is 9.76. The van der Waals surface area contributed by atoms with Gasteiger partial charge in [0.25, 0.3) is 0 Å². The molecule has 11 heteroatoms. The number of rotatable bonds is 17. The summed E-state index contributed by atoms with van der Waals surface area (Å²) in [5, 5.41) is 1.10. The highest BCUT2D eigenvalue weighted by Crippen LogP contribution is 2.40. The molecule has 0 saturated carbocycles. The predicted molar refractivity (Wildman–Crippen MR) is 142 cm³/mol. The van der Waals surface area contributed by atoms with E-state index in [0.717, 1.165) is 29.6 Å². The Morgan fingerprint density at radius 1 is 0.946 bits per heavy atom. The van der Waals surface area contributed by atoms with E-state index >= 15 is 0 Å². The summed E-state index contributed by atoms with van der Waals surface area (Å²) in [6.45, 7) is 8.06. The second-order valence-corrected chi connectivity index (χ2v) is 11.0. The average molecular weight is 541 g/mol. The normalized spacial score (nSPS) is 11.8. The molecule has 208 valence electrons. The Balaban J connectivity index is 2.09. The summed E-state index contributed by atoms with van der Waals surface area (Å²) < 4.78 is 34.7. The van der Waals surface area contributed by atoms with Crippen molar-refractivity contribution < 1.29 is 37.4 Å². The van der Waals surface area contributed by atoms with Crippen molar-refractivity contribution in [2.75, 3.05) is 41.3 Å². The van der Waals surface area contributed by atoms with Crippen LogP contribution in [0.4, 0.5) is 0 Å². The molecule has 0 atom stereocenters. The number of fused-ring (bicyclic) bond motifs is 1. The fourth-order valence-electron chi connectivity index (χ4n) is 3.40. The smallest absolute Gasteiger partial charge is 0.340 e. The maximum atomic E-state index is 11.9. The first kappa shape index (κ1) is 31.0. The quantitative estimate of drug-likeness (QED) is 0.155. The van der Waals surface area contributed by atoms with E-state index in [1.807, 2.05) is 70.8 Å². The molecule has 37 heavy (non-hydrogen) atoms. The van der Waals surface area contributed by atoms with Gasteiger partial charge in [-0.25, -0.2) is 0 Å². The zero-order valence-corrected chi connectivity index (χ0v) is 23.9. The fourth-order valence-corrected chi connectivity index (χ4v) is 4.12. The van der Waals surface area contributed by atoms with Crippen LogP contribution in [-0.2, 0) is 45.8 Å². The summed E-state index contributed by atoms with van der Waals surface area (Å²) >= 11 is 0. The van der Waals surface area contributed by atoms with Gasteiger partial charge in [0.1, 0.15) is 12.5 Å².